The lowest BCUT2D eigenvalue weighted by atomic mass is 10.1. The van der Waals surface area contributed by atoms with E-state index >= 15 is 0 Å². The first-order valence-electron chi connectivity index (χ1n) is 5.83. The zero-order valence-corrected chi connectivity index (χ0v) is 13.6. The topological polar surface area (TPSA) is 42.0 Å². The van der Waals surface area contributed by atoms with Gasteiger partial charge in [0, 0.05) is 26.9 Å². The Morgan fingerprint density at radius 1 is 1.30 bits per heavy atom. The molecule has 2 rings (SSSR count). The zero-order chi connectivity index (χ0) is 14.7. The lowest BCUT2D eigenvalue weighted by Gasteiger charge is -2.16. The van der Waals surface area contributed by atoms with Gasteiger partial charge >= 0.3 is 0 Å². The number of carbonyl (C=O) groups is 1. The van der Waals surface area contributed by atoms with Gasteiger partial charge in [-0.05, 0) is 46.6 Å². The predicted molar refractivity (Wildman–Crippen MR) is 84.3 cm³/mol. The number of nitrogens with one attached hydrogen (secondary N) is 1. The number of benzene rings is 1. The Kier molecular flexibility index (Phi) is 5.02. The quantitative estimate of drug-likeness (QED) is 0.851. The summed E-state index contributed by atoms with van der Waals surface area (Å²) in [6, 6.07) is 6.67. The Morgan fingerprint density at radius 2 is 2.05 bits per heavy atom. The second-order valence-corrected chi connectivity index (χ2v) is 6.01. The van der Waals surface area contributed by atoms with Crippen molar-refractivity contribution in [1.82, 2.24) is 10.3 Å². The minimum absolute atomic E-state index is 0.211. The summed E-state index contributed by atoms with van der Waals surface area (Å²) in [4.78, 5) is 16.1. The smallest absolute Gasteiger partial charge is 0.253 e. The Labute approximate surface area is 135 Å². The molecule has 1 atom stereocenters. The molecule has 1 amide bonds. The van der Waals surface area contributed by atoms with Gasteiger partial charge in [-0.3, -0.25) is 9.78 Å². The maximum Gasteiger partial charge on any atom is 0.253 e. The zero-order valence-electron chi connectivity index (χ0n) is 10.5. The number of rotatable bonds is 3. The molecule has 0 aliphatic carbocycles. The van der Waals surface area contributed by atoms with Crippen LogP contribution in [0, 0.1) is 0 Å². The number of amides is 1. The van der Waals surface area contributed by atoms with Crippen LogP contribution in [0.15, 0.2) is 41.1 Å². The molecular weight excluding hydrogens is 363 g/mol. The molecule has 0 saturated heterocycles. The van der Waals surface area contributed by atoms with E-state index in [2.05, 4.69) is 26.2 Å². The Morgan fingerprint density at radius 3 is 2.70 bits per heavy atom. The van der Waals surface area contributed by atoms with Crippen molar-refractivity contribution in [3.63, 3.8) is 0 Å². The van der Waals surface area contributed by atoms with Crippen molar-refractivity contribution in [3.05, 3.63) is 62.3 Å². The SMILES string of the molecule is C[C@@H](NC(=O)c1cncc(Br)c1)c1ccc(Cl)cc1Cl. The summed E-state index contributed by atoms with van der Waals surface area (Å²) >= 11 is 15.3. The van der Waals surface area contributed by atoms with Crippen molar-refractivity contribution in [2.24, 2.45) is 0 Å². The third-order valence-electron chi connectivity index (χ3n) is 2.74. The molecule has 0 radical (unpaired) electrons. The summed E-state index contributed by atoms with van der Waals surface area (Å²) in [5, 5.41) is 3.96. The van der Waals surface area contributed by atoms with Gasteiger partial charge in [0.2, 0.25) is 0 Å². The number of nitrogens with zero attached hydrogens (tertiary/aromatic N) is 1. The van der Waals surface area contributed by atoms with Crippen LogP contribution in [0.25, 0.3) is 0 Å². The van der Waals surface area contributed by atoms with Crippen LogP contribution in [-0.4, -0.2) is 10.9 Å². The van der Waals surface area contributed by atoms with Crippen LogP contribution in [0.4, 0.5) is 0 Å². The number of carbonyl (C=O) groups excluding carboxylic acids is 1. The molecule has 0 unspecified atom stereocenters. The van der Waals surface area contributed by atoms with Gasteiger partial charge in [-0.1, -0.05) is 29.3 Å². The van der Waals surface area contributed by atoms with E-state index in [9.17, 15) is 4.79 Å². The molecule has 1 aromatic carbocycles. The highest BCUT2D eigenvalue weighted by Crippen LogP contribution is 2.26. The lowest BCUT2D eigenvalue weighted by molar-refractivity contribution is 0.0939. The molecule has 0 saturated carbocycles. The van der Waals surface area contributed by atoms with Gasteiger partial charge in [-0.15, -0.1) is 0 Å². The van der Waals surface area contributed by atoms with Gasteiger partial charge in [0.25, 0.3) is 5.91 Å². The van der Waals surface area contributed by atoms with Crippen molar-refractivity contribution in [2.45, 2.75) is 13.0 Å². The summed E-state index contributed by atoms with van der Waals surface area (Å²) < 4.78 is 0.752. The fraction of sp³-hybridized carbons (Fsp3) is 0.143. The first-order chi connectivity index (χ1) is 9.47. The number of hydrogen-bond donors (Lipinski definition) is 1. The summed E-state index contributed by atoms with van der Waals surface area (Å²) in [5.41, 5.74) is 1.30. The number of halogens is 3. The van der Waals surface area contributed by atoms with Gasteiger partial charge in [0.05, 0.1) is 11.6 Å². The second kappa shape index (κ2) is 6.57. The summed E-state index contributed by atoms with van der Waals surface area (Å²) in [5.74, 6) is -0.211. The molecule has 0 bridgehead atoms. The first-order valence-corrected chi connectivity index (χ1v) is 7.38. The van der Waals surface area contributed by atoms with Crippen molar-refractivity contribution >= 4 is 45.0 Å². The highest BCUT2D eigenvalue weighted by atomic mass is 79.9. The summed E-state index contributed by atoms with van der Waals surface area (Å²) in [6.07, 6.45) is 3.13. The Bertz CT molecular complexity index is 649. The number of pyridine rings is 1. The molecule has 0 fully saturated rings. The van der Waals surface area contributed by atoms with Crippen molar-refractivity contribution in [1.29, 1.82) is 0 Å². The van der Waals surface area contributed by atoms with Crippen molar-refractivity contribution < 1.29 is 4.79 Å². The minimum Gasteiger partial charge on any atom is -0.345 e. The van der Waals surface area contributed by atoms with Gasteiger partial charge < -0.3 is 5.32 Å². The van der Waals surface area contributed by atoms with Crippen LogP contribution < -0.4 is 5.32 Å². The van der Waals surface area contributed by atoms with E-state index in [1.54, 1.807) is 30.5 Å². The molecule has 104 valence electrons. The van der Waals surface area contributed by atoms with Gasteiger partial charge in [-0.25, -0.2) is 0 Å². The van der Waals surface area contributed by atoms with Gasteiger partial charge in [-0.2, -0.15) is 0 Å². The molecule has 1 heterocycles. The maximum absolute atomic E-state index is 12.1. The molecule has 1 aromatic heterocycles. The third kappa shape index (κ3) is 3.72. The molecule has 20 heavy (non-hydrogen) atoms. The molecule has 6 heteroatoms. The maximum atomic E-state index is 12.1. The van der Waals surface area contributed by atoms with Crippen LogP contribution in [0.2, 0.25) is 10.0 Å². The predicted octanol–water partition coefficient (Wildman–Crippen LogP) is 4.64. The molecular formula is C14H11BrCl2N2O. The Balaban J connectivity index is 2.15. The average molecular weight is 374 g/mol. The van der Waals surface area contributed by atoms with Crippen molar-refractivity contribution in [3.8, 4) is 0 Å². The van der Waals surface area contributed by atoms with Crippen LogP contribution in [0.3, 0.4) is 0 Å². The van der Waals surface area contributed by atoms with Gasteiger partial charge in [0.15, 0.2) is 0 Å². The highest BCUT2D eigenvalue weighted by Gasteiger charge is 2.14. The fourth-order valence-electron chi connectivity index (χ4n) is 1.75. The largest absolute Gasteiger partial charge is 0.345 e. The number of hydrogen-bond acceptors (Lipinski definition) is 2. The molecule has 0 aliphatic heterocycles. The average Bonchev–Trinajstić information content (AvgIpc) is 2.38. The fourth-order valence-corrected chi connectivity index (χ4v) is 2.68. The van der Waals surface area contributed by atoms with Crippen LogP contribution in [0.1, 0.15) is 28.9 Å². The van der Waals surface area contributed by atoms with E-state index < -0.39 is 0 Å². The van der Waals surface area contributed by atoms with E-state index in [0.29, 0.717) is 15.6 Å². The van der Waals surface area contributed by atoms with E-state index in [-0.39, 0.29) is 11.9 Å². The molecule has 3 nitrogen and oxygen atoms in total. The van der Waals surface area contributed by atoms with Crippen LogP contribution in [0.5, 0.6) is 0 Å². The van der Waals surface area contributed by atoms with Crippen LogP contribution in [-0.2, 0) is 0 Å². The summed E-state index contributed by atoms with van der Waals surface area (Å²) in [6.45, 7) is 1.86. The molecule has 2 aromatic rings. The molecule has 0 spiro atoms. The van der Waals surface area contributed by atoms with E-state index in [4.69, 9.17) is 23.2 Å². The van der Waals surface area contributed by atoms with E-state index in [0.717, 1.165) is 10.0 Å². The van der Waals surface area contributed by atoms with E-state index in [1.165, 1.54) is 6.20 Å². The Hall–Kier alpha value is -1.10. The van der Waals surface area contributed by atoms with E-state index in [1.807, 2.05) is 6.92 Å². The lowest BCUT2D eigenvalue weighted by Crippen LogP contribution is -2.26. The minimum atomic E-state index is -0.230. The number of aromatic nitrogens is 1. The normalized spacial score (nSPS) is 12.0. The monoisotopic (exact) mass is 372 g/mol. The first kappa shape index (κ1) is 15.3. The molecule has 0 aliphatic rings. The summed E-state index contributed by atoms with van der Waals surface area (Å²) in [7, 11) is 0. The highest BCUT2D eigenvalue weighted by molar-refractivity contribution is 9.10. The van der Waals surface area contributed by atoms with Crippen molar-refractivity contribution in [2.75, 3.05) is 0 Å². The van der Waals surface area contributed by atoms with Crippen LogP contribution >= 0.6 is 39.1 Å². The second-order valence-electron chi connectivity index (χ2n) is 4.25. The molecule has 1 N–H and O–H groups in total. The third-order valence-corrected chi connectivity index (χ3v) is 3.74. The standard InChI is InChI=1S/C14H11BrCl2N2O/c1-8(12-3-2-11(16)5-13(12)17)19-14(20)9-4-10(15)7-18-6-9/h2-8H,1H3,(H,19,20)/t8-/m1/s1. The van der Waals surface area contributed by atoms with Gasteiger partial charge in [0.1, 0.15) is 0 Å².